The van der Waals surface area contributed by atoms with Crippen LogP contribution in [0.1, 0.15) is 44.6 Å². The molecule has 2 fully saturated rings. The van der Waals surface area contributed by atoms with E-state index in [2.05, 4.69) is 23.6 Å². The average molecular weight is 503 g/mol. The van der Waals surface area contributed by atoms with E-state index in [0.29, 0.717) is 19.3 Å². The Balaban J connectivity index is 0.00000280. The summed E-state index contributed by atoms with van der Waals surface area (Å²) >= 11 is 0. The molecule has 1 aliphatic heterocycles. The van der Waals surface area contributed by atoms with Crippen molar-refractivity contribution in [3.05, 3.63) is 29.8 Å². The first-order valence-electron chi connectivity index (χ1n) is 10.2. The van der Waals surface area contributed by atoms with Gasteiger partial charge < -0.3 is 25.2 Å². The Hall–Kier alpha value is -1.06. The highest BCUT2D eigenvalue weighted by Gasteiger charge is 2.34. The zero-order valence-electron chi connectivity index (χ0n) is 16.8. The van der Waals surface area contributed by atoms with Crippen molar-refractivity contribution in [2.75, 3.05) is 32.9 Å². The van der Waals surface area contributed by atoms with Gasteiger partial charge in [0.05, 0.1) is 19.3 Å². The van der Waals surface area contributed by atoms with Crippen LogP contribution in [0.15, 0.2) is 29.3 Å². The number of nitrogens with one attached hydrogen (secondary N) is 2. The SMILES string of the molecule is CCNC(=NCc1ccccc1OC1CCC1)NCC1(CCO)CCOC1.I. The first-order valence-corrected chi connectivity index (χ1v) is 10.2. The van der Waals surface area contributed by atoms with Gasteiger partial charge in [0.25, 0.3) is 0 Å². The molecule has 0 aromatic heterocycles. The normalized spacial score (nSPS) is 22.3. The molecule has 0 radical (unpaired) electrons. The van der Waals surface area contributed by atoms with Crippen LogP contribution in [0, 0.1) is 5.41 Å². The maximum absolute atomic E-state index is 9.40. The topological polar surface area (TPSA) is 75.1 Å². The molecule has 28 heavy (non-hydrogen) atoms. The van der Waals surface area contributed by atoms with Crippen LogP contribution in [0.5, 0.6) is 5.75 Å². The number of benzene rings is 1. The lowest BCUT2D eigenvalue weighted by Crippen LogP contribution is -2.44. The van der Waals surface area contributed by atoms with Crippen LogP contribution >= 0.6 is 24.0 Å². The highest BCUT2D eigenvalue weighted by molar-refractivity contribution is 14.0. The quantitative estimate of drug-likeness (QED) is 0.275. The summed E-state index contributed by atoms with van der Waals surface area (Å²) < 4.78 is 11.7. The number of guanidine groups is 1. The second-order valence-corrected chi connectivity index (χ2v) is 7.60. The average Bonchev–Trinajstić information content (AvgIpc) is 3.10. The molecule has 7 heteroatoms. The number of rotatable bonds is 9. The Labute approximate surface area is 185 Å². The van der Waals surface area contributed by atoms with Crippen LogP contribution in [-0.4, -0.2) is 50.1 Å². The van der Waals surface area contributed by atoms with Gasteiger partial charge in [0.15, 0.2) is 5.96 Å². The van der Waals surface area contributed by atoms with Gasteiger partial charge in [0.2, 0.25) is 0 Å². The summed E-state index contributed by atoms with van der Waals surface area (Å²) in [5.41, 5.74) is 1.10. The highest BCUT2D eigenvalue weighted by atomic mass is 127. The van der Waals surface area contributed by atoms with E-state index in [1.807, 2.05) is 18.2 Å². The molecule has 1 aliphatic carbocycles. The number of hydrogen-bond acceptors (Lipinski definition) is 4. The monoisotopic (exact) mass is 503 g/mol. The van der Waals surface area contributed by atoms with Crippen molar-refractivity contribution in [1.29, 1.82) is 0 Å². The van der Waals surface area contributed by atoms with Gasteiger partial charge in [-0.3, -0.25) is 0 Å². The number of hydrogen-bond donors (Lipinski definition) is 3. The summed E-state index contributed by atoms with van der Waals surface area (Å²) in [6.07, 6.45) is 5.64. The van der Waals surface area contributed by atoms with Gasteiger partial charge in [-0.2, -0.15) is 0 Å². The number of para-hydroxylation sites is 1. The molecule has 0 amide bonds. The summed E-state index contributed by atoms with van der Waals surface area (Å²) in [4.78, 5) is 4.76. The van der Waals surface area contributed by atoms with Gasteiger partial charge in [-0.15, -0.1) is 24.0 Å². The third-order valence-corrected chi connectivity index (χ3v) is 5.53. The van der Waals surface area contributed by atoms with Crippen LogP contribution in [0.25, 0.3) is 0 Å². The first-order chi connectivity index (χ1) is 13.2. The fourth-order valence-corrected chi connectivity index (χ4v) is 3.51. The molecule has 1 unspecified atom stereocenters. The zero-order chi connectivity index (χ0) is 19.0. The summed E-state index contributed by atoms with van der Waals surface area (Å²) in [6, 6.07) is 8.17. The highest BCUT2D eigenvalue weighted by Crippen LogP contribution is 2.31. The molecule has 0 bridgehead atoms. The van der Waals surface area contributed by atoms with Crippen molar-refractivity contribution < 1.29 is 14.6 Å². The third kappa shape index (κ3) is 6.49. The summed E-state index contributed by atoms with van der Waals surface area (Å²) in [7, 11) is 0. The lowest BCUT2D eigenvalue weighted by molar-refractivity contribution is 0.119. The van der Waals surface area contributed by atoms with Crippen LogP contribution < -0.4 is 15.4 Å². The minimum Gasteiger partial charge on any atom is -0.490 e. The molecule has 1 atom stereocenters. The predicted molar refractivity (Wildman–Crippen MR) is 123 cm³/mol. The summed E-state index contributed by atoms with van der Waals surface area (Å²) in [5.74, 6) is 1.74. The van der Waals surface area contributed by atoms with Gasteiger partial charge in [0.1, 0.15) is 5.75 Å². The summed E-state index contributed by atoms with van der Waals surface area (Å²) in [5, 5.41) is 16.2. The first kappa shape index (κ1) is 23.2. The summed E-state index contributed by atoms with van der Waals surface area (Å²) in [6.45, 7) is 5.83. The van der Waals surface area contributed by atoms with Crippen LogP contribution in [0.2, 0.25) is 0 Å². The van der Waals surface area contributed by atoms with Crippen LogP contribution in [-0.2, 0) is 11.3 Å². The Morgan fingerprint density at radius 3 is 2.79 bits per heavy atom. The Morgan fingerprint density at radius 1 is 1.32 bits per heavy atom. The van der Waals surface area contributed by atoms with E-state index in [-0.39, 0.29) is 36.0 Å². The van der Waals surface area contributed by atoms with Crippen molar-refractivity contribution in [2.45, 2.75) is 51.7 Å². The van der Waals surface area contributed by atoms with Gasteiger partial charge in [0, 0.05) is 37.3 Å². The van der Waals surface area contributed by atoms with Gasteiger partial charge in [-0.05, 0) is 45.1 Å². The molecule has 1 aromatic carbocycles. The molecule has 3 N–H and O–H groups in total. The van der Waals surface area contributed by atoms with Gasteiger partial charge in [-0.1, -0.05) is 18.2 Å². The maximum Gasteiger partial charge on any atom is 0.191 e. The standard InChI is InChI=1S/C21H33N3O3.HI/c1-2-22-20(24-15-21(10-12-25)11-13-26-16-21)23-14-17-6-3-4-9-19(17)27-18-7-5-8-18;/h3-4,6,9,18,25H,2,5,7-8,10-16H2,1H3,(H2,22,23,24);1H. The number of halogens is 1. The molecule has 1 aromatic rings. The molecular weight excluding hydrogens is 469 g/mol. The fraction of sp³-hybridized carbons (Fsp3) is 0.667. The number of aliphatic hydroxyl groups excluding tert-OH is 1. The Bertz CT molecular complexity index is 617. The lowest BCUT2D eigenvalue weighted by atomic mass is 9.84. The second-order valence-electron chi connectivity index (χ2n) is 7.60. The molecule has 0 spiro atoms. The minimum absolute atomic E-state index is 0. The van der Waals surface area contributed by atoms with Crippen molar-refractivity contribution >= 4 is 29.9 Å². The van der Waals surface area contributed by atoms with E-state index in [1.54, 1.807) is 0 Å². The lowest BCUT2D eigenvalue weighted by Gasteiger charge is -2.28. The van der Waals surface area contributed by atoms with E-state index in [0.717, 1.165) is 62.7 Å². The fourth-order valence-electron chi connectivity index (χ4n) is 3.51. The number of ether oxygens (including phenoxy) is 2. The Kier molecular flexibility index (Phi) is 9.81. The van der Waals surface area contributed by atoms with Crippen molar-refractivity contribution in [1.82, 2.24) is 10.6 Å². The smallest absolute Gasteiger partial charge is 0.191 e. The second kappa shape index (κ2) is 11.8. The van der Waals surface area contributed by atoms with Crippen LogP contribution in [0.3, 0.4) is 0 Å². The van der Waals surface area contributed by atoms with E-state index < -0.39 is 0 Å². The van der Waals surface area contributed by atoms with Crippen molar-refractivity contribution in [3.8, 4) is 5.75 Å². The van der Waals surface area contributed by atoms with E-state index >= 15 is 0 Å². The van der Waals surface area contributed by atoms with E-state index in [1.165, 1.54) is 6.42 Å². The molecule has 2 aliphatic rings. The molecule has 1 saturated heterocycles. The van der Waals surface area contributed by atoms with Crippen LogP contribution in [0.4, 0.5) is 0 Å². The van der Waals surface area contributed by atoms with Crippen molar-refractivity contribution in [3.63, 3.8) is 0 Å². The zero-order valence-corrected chi connectivity index (χ0v) is 19.1. The minimum atomic E-state index is -0.00379. The Morgan fingerprint density at radius 2 is 2.14 bits per heavy atom. The predicted octanol–water partition coefficient (Wildman–Crippen LogP) is 3.08. The number of aliphatic hydroxyl groups is 1. The number of aliphatic imine (C=N–C) groups is 1. The van der Waals surface area contributed by atoms with Gasteiger partial charge >= 0.3 is 0 Å². The maximum atomic E-state index is 9.40. The number of nitrogens with zero attached hydrogens (tertiary/aromatic N) is 1. The molecule has 1 heterocycles. The van der Waals surface area contributed by atoms with Crippen molar-refractivity contribution in [2.24, 2.45) is 10.4 Å². The molecule has 158 valence electrons. The largest absolute Gasteiger partial charge is 0.490 e. The molecule has 3 rings (SSSR count). The molecule has 6 nitrogen and oxygen atoms in total. The third-order valence-electron chi connectivity index (χ3n) is 5.53. The molecule has 1 saturated carbocycles. The van der Waals surface area contributed by atoms with Gasteiger partial charge in [-0.25, -0.2) is 4.99 Å². The van der Waals surface area contributed by atoms with E-state index in [9.17, 15) is 5.11 Å². The molecular formula is C21H34IN3O3. The van der Waals surface area contributed by atoms with E-state index in [4.69, 9.17) is 14.5 Å².